The Kier molecular flexibility index (Phi) is 7.13. The minimum absolute atomic E-state index is 0.285. The molecule has 14 heavy (non-hydrogen) atoms. The highest BCUT2D eigenvalue weighted by atomic mass is 32.2. The van der Waals surface area contributed by atoms with E-state index in [-0.39, 0.29) is 5.75 Å². The fraction of sp³-hybridized carbons (Fsp3) is 1.00. The summed E-state index contributed by atoms with van der Waals surface area (Å²) >= 11 is 0. The highest BCUT2D eigenvalue weighted by Crippen LogP contribution is 1.87. The summed E-state index contributed by atoms with van der Waals surface area (Å²) in [5.41, 5.74) is 0. The van der Waals surface area contributed by atoms with E-state index in [0.717, 1.165) is 26.1 Å². The maximum Gasteiger partial charge on any atom is 0.147 e. The molecular formula is C9H22N2O2S. The molecule has 0 radical (unpaired) electrons. The van der Waals surface area contributed by atoms with E-state index in [9.17, 15) is 8.42 Å². The summed E-state index contributed by atoms with van der Waals surface area (Å²) < 4.78 is 21.5. The second-order valence-electron chi connectivity index (χ2n) is 3.89. The SMILES string of the molecule is CN(C)CCCNCCCS(C)(=O)=O. The van der Waals surface area contributed by atoms with Crippen molar-refractivity contribution in [2.24, 2.45) is 0 Å². The smallest absolute Gasteiger partial charge is 0.147 e. The molecule has 4 nitrogen and oxygen atoms in total. The lowest BCUT2D eigenvalue weighted by molar-refractivity contribution is 0.394. The molecule has 0 aromatic carbocycles. The van der Waals surface area contributed by atoms with E-state index in [0.29, 0.717) is 6.42 Å². The standard InChI is InChI=1S/C9H22N2O2S/c1-11(2)8-4-6-10-7-5-9-14(3,12)13/h10H,4-9H2,1-3H3. The Morgan fingerprint density at radius 3 is 2.21 bits per heavy atom. The Balaban J connectivity index is 3.15. The number of nitrogens with zero attached hydrogens (tertiary/aromatic N) is 1. The molecule has 0 fully saturated rings. The molecule has 1 N–H and O–H groups in total. The Morgan fingerprint density at radius 1 is 1.14 bits per heavy atom. The van der Waals surface area contributed by atoms with Gasteiger partial charge >= 0.3 is 0 Å². The molecule has 0 saturated carbocycles. The normalized spacial score (nSPS) is 12.3. The summed E-state index contributed by atoms with van der Waals surface area (Å²) in [7, 11) is 1.31. The third-order valence-corrected chi connectivity index (χ3v) is 2.86. The van der Waals surface area contributed by atoms with Crippen molar-refractivity contribution in [2.45, 2.75) is 12.8 Å². The van der Waals surface area contributed by atoms with Crippen molar-refractivity contribution in [2.75, 3.05) is 45.7 Å². The van der Waals surface area contributed by atoms with E-state index in [2.05, 4.69) is 10.2 Å². The van der Waals surface area contributed by atoms with E-state index < -0.39 is 9.84 Å². The third kappa shape index (κ3) is 11.9. The second-order valence-corrected chi connectivity index (χ2v) is 6.15. The average molecular weight is 222 g/mol. The molecule has 0 bridgehead atoms. The van der Waals surface area contributed by atoms with Crippen LogP contribution in [0.5, 0.6) is 0 Å². The van der Waals surface area contributed by atoms with Crippen LogP contribution in [0.2, 0.25) is 0 Å². The van der Waals surface area contributed by atoms with Crippen LogP contribution in [-0.4, -0.2) is 59.1 Å². The van der Waals surface area contributed by atoms with E-state index in [1.54, 1.807) is 0 Å². The van der Waals surface area contributed by atoms with Crippen LogP contribution in [0, 0.1) is 0 Å². The van der Waals surface area contributed by atoms with Gasteiger partial charge in [0.15, 0.2) is 0 Å². The molecule has 0 heterocycles. The van der Waals surface area contributed by atoms with Crippen molar-refractivity contribution >= 4 is 9.84 Å². The maximum absolute atomic E-state index is 10.8. The summed E-state index contributed by atoms with van der Waals surface area (Å²) in [6.45, 7) is 2.82. The Hall–Kier alpha value is -0.130. The molecule has 0 aromatic rings. The molecule has 86 valence electrons. The number of hydrogen-bond acceptors (Lipinski definition) is 4. The molecule has 0 aromatic heterocycles. The fourth-order valence-electron chi connectivity index (χ4n) is 1.10. The number of rotatable bonds is 8. The molecule has 5 heteroatoms. The van der Waals surface area contributed by atoms with Crippen LogP contribution in [0.4, 0.5) is 0 Å². The minimum Gasteiger partial charge on any atom is -0.317 e. The van der Waals surface area contributed by atoms with Gasteiger partial charge in [-0.1, -0.05) is 0 Å². The topological polar surface area (TPSA) is 49.4 Å². The number of hydrogen-bond donors (Lipinski definition) is 1. The molecule has 0 aliphatic carbocycles. The quantitative estimate of drug-likeness (QED) is 0.586. The molecule has 0 amide bonds. The summed E-state index contributed by atoms with van der Waals surface area (Å²) in [5.74, 6) is 0.285. The monoisotopic (exact) mass is 222 g/mol. The van der Waals surface area contributed by atoms with Crippen molar-refractivity contribution < 1.29 is 8.42 Å². The van der Waals surface area contributed by atoms with Crippen molar-refractivity contribution in [3.63, 3.8) is 0 Å². The summed E-state index contributed by atoms with van der Waals surface area (Å²) in [6.07, 6.45) is 3.09. The zero-order valence-electron chi connectivity index (χ0n) is 9.41. The molecule has 0 saturated heterocycles. The van der Waals surface area contributed by atoms with Gasteiger partial charge in [0.05, 0.1) is 5.75 Å². The van der Waals surface area contributed by atoms with Gasteiger partial charge in [-0.15, -0.1) is 0 Å². The number of sulfone groups is 1. The van der Waals surface area contributed by atoms with Crippen molar-refractivity contribution in [3.05, 3.63) is 0 Å². The van der Waals surface area contributed by atoms with E-state index >= 15 is 0 Å². The predicted molar refractivity (Wildman–Crippen MR) is 60.4 cm³/mol. The van der Waals surface area contributed by atoms with Gasteiger partial charge in [-0.05, 0) is 46.6 Å². The highest BCUT2D eigenvalue weighted by molar-refractivity contribution is 7.90. The second kappa shape index (κ2) is 7.20. The number of nitrogens with one attached hydrogen (secondary N) is 1. The van der Waals surface area contributed by atoms with Gasteiger partial charge in [-0.25, -0.2) is 8.42 Å². The molecule has 0 spiro atoms. The third-order valence-electron chi connectivity index (χ3n) is 1.83. The fourth-order valence-corrected chi connectivity index (χ4v) is 1.77. The van der Waals surface area contributed by atoms with Gasteiger partial charge < -0.3 is 10.2 Å². The van der Waals surface area contributed by atoms with Crippen LogP contribution in [0.15, 0.2) is 0 Å². The maximum atomic E-state index is 10.8. The lowest BCUT2D eigenvalue weighted by atomic mass is 10.4. The molecule has 0 rings (SSSR count). The van der Waals surface area contributed by atoms with E-state index in [1.165, 1.54) is 6.26 Å². The molecule has 0 aliphatic rings. The Morgan fingerprint density at radius 2 is 1.71 bits per heavy atom. The molecule has 0 unspecified atom stereocenters. The van der Waals surface area contributed by atoms with Crippen LogP contribution in [0.3, 0.4) is 0 Å². The molecule has 0 aliphatic heterocycles. The first kappa shape index (κ1) is 13.9. The van der Waals surface area contributed by atoms with E-state index in [4.69, 9.17) is 0 Å². The lowest BCUT2D eigenvalue weighted by Gasteiger charge is -2.09. The van der Waals surface area contributed by atoms with Gasteiger partial charge in [0, 0.05) is 6.26 Å². The first-order chi connectivity index (χ1) is 6.42. The van der Waals surface area contributed by atoms with E-state index in [1.807, 2.05) is 14.1 Å². The zero-order valence-corrected chi connectivity index (χ0v) is 10.2. The molecule has 0 atom stereocenters. The minimum atomic E-state index is -2.78. The van der Waals surface area contributed by atoms with Crippen LogP contribution in [0.1, 0.15) is 12.8 Å². The van der Waals surface area contributed by atoms with Crippen LogP contribution >= 0.6 is 0 Å². The summed E-state index contributed by atoms with van der Waals surface area (Å²) in [5, 5.41) is 3.22. The average Bonchev–Trinajstić information content (AvgIpc) is 2.00. The van der Waals surface area contributed by atoms with Gasteiger partial charge in [0.1, 0.15) is 9.84 Å². The van der Waals surface area contributed by atoms with Gasteiger partial charge in [0.25, 0.3) is 0 Å². The predicted octanol–water partition coefficient (Wildman–Crippen LogP) is -0.0376. The Bertz CT molecular complexity index is 225. The zero-order chi connectivity index (χ0) is 11.0. The summed E-state index contributed by atoms with van der Waals surface area (Å²) in [4.78, 5) is 2.14. The van der Waals surface area contributed by atoms with Crippen LogP contribution < -0.4 is 5.32 Å². The van der Waals surface area contributed by atoms with Crippen molar-refractivity contribution in [1.82, 2.24) is 10.2 Å². The van der Waals surface area contributed by atoms with Crippen LogP contribution in [0.25, 0.3) is 0 Å². The highest BCUT2D eigenvalue weighted by Gasteiger charge is 2.00. The first-order valence-corrected chi connectivity index (χ1v) is 7.01. The van der Waals surface area contributed by atoms with Gasteiger partial charge in [-0.2, -0.15) is 0 Å². The lowest BCUT2D eigenvalue weighted by Crippen LogP contribution is -2.23. The largest absolute Gasteiger partial charge is 0.317 e. The van der Waals surface area contributed by atoms with Crippen molar-refractivity contribution in [3.8, 4) is 0 Å². The molecular weight excluding hydrogens is 200 g/mol. The van der Waals surface area contributed by atoms with Gasteiger partial charge in [-0.3, -0.25) is 0 Å². The van der Waals surface area contributed by atoms with Crippen LogP contribution in [-0.2, 0) is 9.84 Å². The van der Waals surface area contributed by atoms with Gasteiger partial charge in [0.2, 0.25) is 0 Å². The van der Waals surface area contributed by atoms with Crippen molar-refractivity contribution in [1.29, 1.82) is 0 Å². The Labute approximate surface area is 87.6 Å². The summed E-state index contributed by atoms with van der Waals surface area (Å²) in [6, 6.07) is 0. The first-order valence-electron chi connectivity index (χ1n) is 4.95.